The van der Waals surface area contributed by atoms with E-state index in [1.165, 1.54) is 0 Å². The van der Waals surface area contributed by atoms with Crippen molar-refractivity contribution in [2.24, 2.45) is 5.92 Å². The van der Waals surface area contributed by atoms with Gasteiger partial charge in [-0.25, -0.2) is 4.68 Å². The normalized spacial score (nSPS) is 21.7. The van der Waals surface area contributed by atoms with Gasteiger partial charge >= 0.3 is 0 Å². The number of nitrogens with zero attached hydrogens (tertiary/aromatic N) is 2. The Morgan fingerprint density at radius 3 is 2.44 bits per heavy atom. The molecule has 1 saturated carbocycles. The number of nitrogens with one attached hydrogen (secondary N) is 1. The Labute approximate surface area is 145 Å². The summed E-state index contributed by atoms with van der Waals surface area (Å²) in [6, 6.07) is 21.2. The number of amides is 1. The highest BCUT2D eigenvalue weighted by Gasteiger charge is 2.60. The molecule has 1 aliphatic rings. The van der Waals surface area contributed by atoms with Crippen LogP contribution in [0.15, 0.2) is 72.9 Å². The molecule has 1 aromatic heterocycles. The maximum absolute atomic E-state index is 12.9. The van der Waals surface area contributed by atoms with Crippen molar-refractivity contribution in [3.63, 3.8) is 0 Å². The lowest BCUT2D eigenvalue weighted by Crippen LogP contribution is -2.30. The van der Waals surface area contributed by atoms with Crippen molar-refractivity contribution >= 4 is 11.7 Å². The molecule has 4 rings (SSSR count). The number of carbonyl (C=O) groups is 1. The van der Waals surface area contributed by atoms with Crippen molar-refractivity contribution in [3.8, 4) is 5.69 Å². The summed E-state index contributed by atoms with van der Waals surface area (Å²) in [4.78, 5) is 12.9. The number of anilines is 1. The Bertz CT molecular complexity index is 876. The topological polar surface area (TPSA) is 67.2 Å². The summed E-state index contributed by atoms with van der Waals surface area (Å²) < 4.78 is 1.72. The average molecular weight is 333 g/mol. The number of hydrogen-bond acceptors (Lipinski definition) is 3. The number of hydrogen-bond donors (Lipinski definition) is 2. The van der Waals surface area contributed by atoms with E-state index in [1.807, 2.05) is 66.9 Å². The summed E-state index contributed by atoms with van der Waals surface area (Å²) in [5.74, 6) is 0.343. The van der Waals surface area contributed by atoms with Crippen molar-refractivity contribution < 1.29 is 9.90 Å². The minimum absolute atomic E-state index is 0.000764. The minimum atomic E-state index is -0.660. The van der Waals surface area contributed by atoms with Crippen LogP contribution >= 0.6 is 0 Å². The summed E-state index contributed by atoms with van der Waals surface area (Å²) in [6.45, 7) is 0.000764. The molecular weight excluding hydrogens is 314 g/mol. The number of carbonyl (C=O) groups excluding carboxylic acids is 1. The third kappa shape index (κ3) is 2.72. The van der Waals surface area contributed by atoms with Crippen LogP contribution in [-0.4, -0.2) is 27.4 Å². The molecule has 0 aliphatic heterocycles. The van der Waals surface area contributed by atoms with Crippen molar-refractivity contribution in [2.75, 3.05) is 11.9 Å². The maximum atomic E-state index is 12.9. The lowest BCUT2D eigenvalue weighted by molar-refractivity contribution is -0.119. The molecule has 25 heavy (non-hydrogen) atoms. The fourth-order valence-corrected chi connectivity index (χ4v) is 3.39. The average Bonchev–Trinajstić information content (AvgIpc) is 3.26. The molecule has 3 aromatic rings. The Morgan fingerprint density at radius 2 is 1.80 bits per heavy atom. The van der Waals surface area contributed by atoms with Crippen LogP contribution in [0.25, 0.3) is 5.69 Å². The number of rotatable bonds is 5. The molecule has 5 heteroatoms. The molecule has 1 fully saturated rings. The number of aromatic nitrogens is 2. The molecule has 5 nitrogen and oxygen atoms in total. The van der Waals surface area contributed by atoms with Crippen LogP contribution < -0.4 is 5.32 Å². The van der Waals surface area contributed by atoms with Gasteiger partial charge in [-0.2, -0.15) is 5.10 Å². The zero-order valence-corrected chi connectivity index (χ0v) is 13.7. The number of para-hydroxylation sites is 1. The van der Waals surface area contributed by atoms with Crippen LogP contribution in [0, 0.1) is 5.92 Å². The summed E-state index contributed by atoms with van der Waals surface area (Å²) in [5, 5.41) is 16.9. The predicted molar refractivity (Wildman–Crippen MR) is 95.5 cm³/mol. The van der Waals surface area contributed by atoms with Gasteiger partial charge in [-0.05, 0) is 24.1 Å². The highest BCUT2D eigenvalue weighted by atomic mass is 16.3. The zero-order chi connectivity index (χ0) is 17.3. The van der Waals surface area contributed by atoms with Gasteiger partial charge in [-0.3, -0.25) is 4.79 Å². The van der Waals surface area contributed by atoms with Crippen molar-refractivity contribution in [2.45, 2.75) is 11.8 Å². The molecule has 1 amide bonds. The molecule has 0 radical (unpaired) electrons. The van der Waals surface area contributed by atoms with E-state index >= 15 is 0 Å². The molecular formula is C20H19N3O2. The van der Waals surface area contributed by atoms with Gasteiger partial charge < -0.3 is 10.4 Å². The Morgan fingerprint density at radius 1 is 1.12 bits per heavy atom. The van der Waals surface area contributed by atoms with E-state index in [0.717, 1.165) is 11.3 Å². The van der Waals surface area contributed by atoms with Gasteiger partial charge in [0.05, 0.1) is 11.1 Å². The Hall–Kier alpha value is -2.92. The third-order valence-corrected chi connectivity index (χ3v) is 4.87. The number of benzene rings is 2. The van der Waals surface area contributed by atoms with Crippen LogP contribution in [0.4, 0.5) is 5.82 Å². The first-order valence-electron chi connectivity index (χ1n) is 8.33. The van der Waals surface area contributed by atoms with Crippen LogP contribution in [0.2, 0.25) is 0 Å². The minimum Gasteiger partial charge on any atom is -0.396 e. The van der Waals surface area contributed by atoms with E-state index in [4.69, 9.17) is 0 Å². The predicted octanol–water partition coefficient (Wildman–Crippen LogP) is 2.76. The van der Waals surface area contributed by atoms with Crippen molar-refractivity contribution in [1.29, 1.82) is 0 Å². The van der Waals surface area contributed by atoms with E-state index in [0.29, 0.717) is 12.2 Å². The van der Waals surface area contributed by atoms with Gasteiger partial charge in [0, 0.05) is 24.8 Å². The molecule has 1 aliphatic carbocycles. The molecule has 2 aromatic carbocycles. The van der Waals surface area contributed by atoms with Crippen LogP contribution in [-0.2, 0) is 10.2 Å². The van der Waals surface area contributed by atoms with E-state index in [1.54, 1.807) is 10.7 Å². The van der Waals surface area contributed by atoms with Crippen molar-refractivity contribution in [3.05, 3.63) is 78.5 Å². The smallest absolute Gasteiger partial charge is 0.236 e. The first-order valence-corrected chi connectivity index (χ1v) is 8.33. The second-order valence-corrected chi connectivity index (χ2v) is 6.36. The van der Waals surface area contributed by atoms with Gasteiger partial charge in [-0.1, -0.05) is 48.5 Å². The van der Waals surface area contributed by atoms with Gasteiger partial charge in [-0.15, -0.1) is 0 Å². The summed E-state index contributed by atoms with van der Waals surface area (Å²) >= 11 is 0. The summed E-state index contributed by atoms with van der Waals surface area (Å²) in [7, 11) is 0. The first kappa shape index (κ1) is 15.6. The molecule has 2 unspecified atom stereocenters. The Kier molecular flexibility index (Phi) is 3.86. The van der Waals surface area contributed by atoms with E-state index in [9.17, 15) is 9.90 Å². The van der Waals surface area contributed by atoms with Gasteiger partial charge in [0.15, 0.2) is 5.82 Å². The fourth-order valence-electron chi connectivity index (χ4n) is 3.39. The number of aliphatic hydroxyl groups is 1. The van der Waals surface area contributed by atoms with Gasteiger partial charge in [0.1, 0.15) is 0 Å². The molecule has 0 bridgehead atoms. The van der Waals surface area contributed by atoms with Crippen LogP contribution in [0.1, 0.15) is 12.0 Å². The fraction of sp³-hybridized carbons (Fsp3) is 0.200. The lowest BCUT2D eigenvalue weighted by Gasteiger charge is -2.16. The van der Waals surface area contributed by atoms with E-state index in [-0.39, 0.29) is 18.4 Å². The zero-order valence-electron chi connectivity index (χ0n) is 13.7. The highest BCUT2D eigenvalue weighted by molar-refractivity contribution is 6.01. The Balaban J connectivity index is 1.57. The largest absolute Gasteiger partial charge is 0.396 e. The summed E-state index contributed by atoms with van der Waals surface area (Å²) in [6.07, 6.45) is 2.47. The van der Waals surface area contributed by atoms with E-state index < -0.39 is 5.41 Å². The molecule has 2 atom stereocenters. The highest BCUT2D eigenvalue weighted by Crippen LogP contribution is 2.54. The second kappa shape index (κ2) is 6.18. The van der Waals surface area contributed by atoms with Crippen LogP contribution in [0.5, 0.6) is 0 Å². The SMILES string of the molecule is O=C(Nc1ccn(-c2ccccc2)n1)C1(c2ccccc2)CC1CO. The molecule has 126 valence electrons. The maximum Gasteiger partial charge on any atom is 0.236 e. The van der Waals surface area contributed by atoms with Gasteiger partial charge in [0.2, 0.25) is 5.91 Å². The quantitative estimate of drug-likeness (QED) is 0.754. The van der Waals surface area contributed by atoms with Crippen LogP contribution in [0.3, 0.4) is 0 Å². The standard InChI is InChI=1S/C20H19N3O2/c24-14-16-13-20(16,15-7-3-1-4-8-15)19(25)21-18-11-12-23(22-18)17-9-5-2-6-10-17/h1-12,16,24H,13-14H2,(H,21,22,25). The lowest BCUT2D eigenvalue weighted by atomic mass is 9.92. The monoisotopic (exact) mass is 333 g/mol. The second-order valence-electron chi connectivity index (χ2n) is 6.36. The molecule has 0 saturated heterocycles. The molecule has 1 heterocycles. The third-order valence-electron chi connectivity index (χ3n) is 4.87. The molecule has 2 N–H and O–H groups in total. The van der Waals surface area contributed by atoms with Gasteiger partial charge in [0.25, 0.3) is 0 Å². The number of aliphatic hydroxyl groups excluding tert-OH is 1. The van der Waals surface area contributed by atoms with E-state index in [2.05, 4.69) is 10.4 Å². The van der Waals surface area contributed by atoms with Crippen molar-refractivity contribution in [1.82, 2.24) is 9.78 Å². The molecule has 0 spiro atoms. The first-order chi connectivity index (χ1) is 12.2. The summed E-state index contributed by atoms with van der Waals surface area (Å²) in [5.41, 5.74) is 1.21.